The minimum Gasteiger partial charge on any atom is -0.383 e. The van der Waals surface area contributed by atoms with Crippen LogP contribution in [0.4, 0.5) is 10.2 Å². The van der Waals surface area contributed by atoms with Crippen LogP contribution in [0.25, 0.3) is 11.3 Å². The number of hydrogen-bond donors (Lipinski definition) is 1. The lowest BCUT2D eigenvalue weighted by Crippen LogP contribution is -2.25. The van der Waals surface area contributed by atoms with Gasteiger partial charge in [0, 0.05) is 17.5 Å². The molecule has 0 spiro atoms. The Morgan fingerprint density at radius 2 is 2.00 bits per heavy atom. The molecule has 21 heavy (non-hydrogen) atoms. The second kappa shape index (κ2) is 5.68. The third kappa shape index (κ3) is 3.05. The molecule has 114 valence electrons. The van der Waals surface area contributed by atoms with E-state index in [0.717, 1.165) is 18.7 Å². The number of nitrogens with zero attached hydrogens (tertiary/aromatic N) is 2. The van der Waals surface area contributed by atoms with Crippen LogP contribution in [-0.2, 0) is 12.0 Å². The molecule has 2 N–H and O–H groups in total. The summed E-state index contributed by atoms with van der Waals surface area (Å²) in [4.78, 5) is 4.66. The van der Waals surface area contributed by atoms with Gasteiger partial charge in [0.15, 0.2) is 0 Å². The van der Waals surface area contributed by atoms with E-state index < -0.39 is 0 Å². The predicted octanol–water partition coefficient (Wildman–Crippen LogP) is 4.63. The quantitative estimate of drug-likeness (QED) is 0.898. The average Bonchev–Trinajstić information content (AvgIpc) is 2.66. The number of anilines is 1. The van der Waals surface area contributed by atoms with Crippen molar-refractivity contribution in [2.75, 3.05) is 5.73 Å². The van der Waals surface area contributed by atoms with E-state index in [-0.39, 0.29) is 11.4 Å². The first-order chi connectivity index (χ1) is 9.75. The maximum absolute atomic E-state index is 13.2. The maximum atomic E-state index is 13.2. The van der Waals surface area contributed by atoms with E-state index in [2.05, 4.69) is 32.7 Å². The summed E-state index contributed by atoms with van der Waals surface area (Å²) in [6, 6.07) is 4.28. The highest BCUT2D eigenvalue weighted by Crippen LogP contribution is 2.35. The second-order valence-electron chi connectivity index (χ2n) is 6.14. The molecule has 2 aromatic rings. The molecular formula is C16H21ClFN3. The van der Waals surface area contributed by atoms with Crippen LogP contribution in [0.15, 0.2) is 18.2 Å². The van der Waals surface area contributed by atoms with Gasteiger partial charge in [-0.3, -0.25) is 0 Å². The van der Waals surface area contributed by atoms with Gasteiger partial charge in [-0.15, -0.1) is 0 Å². The smallest absolute Gasteiger partial charge is 0.132 e. The number of imidazole rings is 1. The first-order valence-electron chi connectivity index (χ1n) is 7.08. The summed E-state index contributed by atoms with van der Waals surface area (Å²) in [6.07, 6.45) is 1.81. The van der Waals surface area contributed by atoms with Gasteiger partial charge in [-0.05, 0) is 45.4 Å². The number of nitrogens with two attached hydrogens (primary N) is 1. The van der Waals surface area contributed by atoms with E-state index in [9.17, 15) is 4.39 Å². The van der Waals surface area contributed by atoms with Crippen molar-refractivity contribution < 1.29 is 4.39 Å². The van der Waals surface area contributed by atoms with Crippen LogP contribution in [0, 0.1) is 5.82 Å². The fourth-order valence-electron chi connectivity index (χ4n) is 2.50. The first-order valence-corrected chi connectivity index (χ1v) is 7.46. The molecule has 1 heterocycles. The molecule has 0 fully saturated rings. The molecule has 0 aliphatic rings. The Morgan fingerprint density at radius 3 is 2.52 bits per heavy atom. The molecule has 0 saturated heterocycles. The summed E-state index contributed by atoms with van der Waals surface area (Å²) in [7, 11) is 0. The largest absolute Gasteiger partial charge is 0.383 e. The van der Waals surface area contributed by atoms with E-state index in [0.29, 0.717) is 22.1 Å². The van der Waals surface area contributed by atoms with Crippen molar-refractivity contribution in [3.63, 3.8) is 0 Å². The Balaban J connectivity index is 2.65. The number of hydrogen-bond acceptors (Lipinski definition) is 2. The van der Waals surface area contributed by atoms with Crippen molar-refractivity contribution in [3.8, 4) is 11.3 Å². The molecule has 2 rings (SSSR count). The van der Waals surface area contributed by atoms with Gasteiger partial charge in [0.2, 0.25) is 0 Å². The second-order valence-corrected chi connectivity index (χ2v) is 6.55. The first kappa shape index (κ1) is 15.8. The van der Waals surface area contributed by atoms with Crippen molar-refractivity contribution in [2.45, 2.75) is 46.1 Å². The number of aromatic nitrogens is 2. The van der Waals surface area contributed by atoms with E-state index in [4.69, 9.17) is 17.3 Å². The molecule has 0 radical (unpaired) electrons. The van der Waals surface area contributed by atoms with Crippen LogP contribution in [0.5, 0.6) is 0 Å². The highest BCUT2D eigenvalue weighted by Gasteiger charge is 2.25. The van der Waals surface area contributed by atoms with Gasteiger partial charge in [0.25, 0.3) is 0 Å². The van der Waals surface area contributed by atoms with Gasteiger partial charge in [-0.25, -0.2) is 9.37 Å². The number of rotatable bonds is 3. The Bertz CT molecular complexity index is 656. The Morgan fingerprint density at radius 1 is 1.33 bits per heavy atom. The molecule has 1 aromatic heterocycles. The summed E-state index contributed by atoms with van der Waals surface area (Å²) in [5.74, 6) is 1.13. The van der Waals surface area contributed by atoms with Gasteiger partial charge in [0.05, 0.1) is 5.02 Å². The standard InChI is InChI=1S/C16H21ClFN3/c1-5-6-13-20-14(15(19)21(13)16(2,3)4)11-8-7-10(18)9-12(11)17/h7-9H,5-6,19H2,1-4H3. The van der Waals surface area contributed by atoms with E-state index in [1.165, 1.54) is 12.1 Å². The van der Waals surface area contributed by atoms with Crippen molar-refractivity contribution >= 4 is 17.4 Å². The van der Waals surface area contributed by atoms with Gasteiger partial charge in [-0.1, -0.05) is 18.5 Å². The van der Waals surface area contributed by atoms with Crippen LogP contribution in [0.2, 0.25) is 5.02 Å². The number of aryl methyl sites for hydroxylation is 1. The molecule has 0 bridgehead atoms. The third-order valence-electron chi connectivity index (χ3n) is 3.31. The zero-order valence-corrected chi connectivity index (χ0v) is 13.6. The molecule has 5 heteroatoms. The third-order valence-corrected chi connectivity index (χ3v) is 3.63. The molecule has 0 aliphatic carbocycles. The summed E-state index contributed by atoms with van der Waals surface area (Å²) >= 11 is 6.14. The average molecular weight is 310 g/mol. The molecule has 0 atom stereocenters. The van der Waals surface area contributed by atoms with Crippen LogP contribution in [0.1, 0.15) is 39.9 Å². The molecule has 0 unspecified atom stereocenters. The lowest BCUT2D eigenvalue weighted by molar-refractivity contribution is 0.387. The number of halogens is 2. The SMILES string of the molecule is CCCc1nc(-c2ccc(F)cc2Cl)c(N)n1C(C)(C)C. The van der Waals surface area contributed by atoms with Crippen molar-refractivity contribution in [1.29, 1.82) is 0 Å². The molecule has 0 aliphatic heterocycles. The van der Waals surface area contributed by atoms with Crippen molar-refractivity contribution in [3.05, 3.63) is 34.9 Å². The van der Waals surface area contributed by atoms with Gasteiger partial charge < -0.3 is 10.3 Å². The molecule has 0 amide bonds. The zero-order chi connectivity index (χ0) is 15.8. The van der Waals surface area contributed by atoms with Crippen LogP contribution < -0.4 is 5.73 Å². The molecule has 0 saturated carbocycles. The molecular weight excluding hydrogens is 289 g/mol. The molecule has 1 aromatic carbocycles. The number of nitrogen functional groups attached to an aromatic ring is 1. The maximum Gasteiger partial charge on any atom is 0.132 e. The van der Waals surface area contributed by atoms with Gasteiger partial charge in [0.1, 0.15) is 23.2 Å². The van der Waals surface area contributed by atoms with Gasteiger partial charge >= 0.3 is 0 Å². The lowest BCUT2D eigenvalue weighted by Gasteiger charge is -2.25. The van der Waals surface area contributed by atoms with Crippen LogP contribution in [-0.4, -0.2) is 9.55 Å². The predicted molar refractivity (Wildman–Crippen MR) is 86.0 cm³/mol. The fraction of sp³-hybridized carbons (Fsp3) is 0.438. The zero-order valence-electron chi connectivity index (χ0n) is 12.9. The van der Waals surface area contributed by atoms with E-state index in [1.54, 1.807) is 6.07 Å². The lowest BCUT2D eigenvalue weighted by atomic mass is 10.1. The Labute approximate surface area is 129 Å². The minimum atomic E-state index is -0.369. The minimum absolute atomic E-state index is 0.174. The highest BCUT2D eigenvalue weighted by molar-refractivity contribution is 6.33. The monoisotopic (exact) mass is 309 g/mol. The Kier molecular flexibility index (Phi) is 4.28. The summed E-state index contributed by atoms with van der Waals surface area (Å²) in [5.41, 5.74) is 7.42. The van der Waals surface area contributed by atoms with E-state index >= 15 is 0 Å². The highest BCUT2D eigenvalue weighted by atomic mass is 35.5. The fourth-order valence-corrected chi connectivity index (χ4v) is 2.76. The van der Waals surface area contributed by atoms with Gasteiger partial charge in [-0.2, -0.15) is 0 Å². The summed E-state index contributed by atoms with van der Waals surface area (Å²) in [5, 5.41) is 0.323. The number of benzene rings is 1. The molecule has 3 nitrogen and oxygen atoms in total. The summed E-state index contributed by atoms with van der Waals surface area (Å²) < 4.78 is 15.3. The summed E-state index contributed by atoms with van der Waals surface area (Å²) in [6.45, 7) is 8.35. The Hall–Kier alpha value is -1.55. The van der Waals surface area contributed by atoms with Crippen LogP contribution >= 0.6 is 11.6 Å². The van der Waals surface area contributed by atoms with Crippen molar-refractivity contribution in [2.24, 2.45) is 0 Å². The topological polar surface area (TPSA) is 43.8 Å². The van der Waals surface area contributed by atoms with Crippen molar-refractivity contribution in [1.82, 2.24) is 9.55 Å². The van der Waals surface area contributed by atoms with Crippen LogP contribution in [0.3, 0.4) is 0 Å². The normalized spacial score (nSPS) is 11.9. The van der Waals surface area contributed by atoms with E-state index in [1.807, 2.05) is 4.57 Å².